The molecule has 1 saturated carbocycles. The molecule has 0 saturated heterocycles. The number of carbonyl (C=O) groups is 1. The van der Waals surface area contributed by atoms with Crippen molar-refractivity contribution in [3.05, 3.63) is 34.9 Å². The van der Waals surface area contributed by atoms with Crippen LogP contribution >= 0.6 is 27.5 Å². The molecule has 1 aromatic carbocycles. The van der Waals surface area contributed by atoms with Crippen LogP contribution in [0.1, 0.15) is 31.2 Å². The van der Waals surface area contributed by atoms with Crippen molar-refractivity contribution in [2.75, 3.05) is 5.33 Å². The second-order valence-electron chi connectivity index (χ2n) is 4.97. The smallest absolute Gasteiger partial charge is 0.224 e. The van der Waals surface area contributed by atoms with E-state index in [0.29, 0.717) is 11.4 Å². The van der Waals surface area contributed by atoms with E-state index >= 15 is 0 Å². The molecule has 0 spiro atoms. The summed E-state index contributed by atoms with van der Waals surface area (Å²) in [6, 6.07) is 7.44. The van der Waals surface area contributed by atoms with Crippen LogP contribution in [0.3, 0.4) is 0 Å². The molecule has 0 heterocycles. The lowest BCUT2D eigenvalue weighted by Gasteiger charge is -2.28. The highest BCUT2D eigenvalue weighted by Crippen LogP contribution is 2.31. The van der Waals surface area contributed by atoms with Gasteiger partial charge in [-0.15, -0.1) is 0 Å². The predicted molar refractivity (Wildman–Crippen MR) is 78.3 cm³/mol. The second kappa shape index (κ2) is 6.07. The summed E-state index contributed by atoms with van der Waals surface area (Å²) in [5.41, 5.74) is 0.975. The Morgan fingerprint density at radius 2 is 1.89 bits per heavy atom. The first-order valence-corrected chi connectivity index (χ1v) is 7.75. The van der Waals surface area contributed by atoms with Gasteiger partial charge in [-0.25, -0.2) is 0 Å². The molecule has 0 aliphatic heterocycles. The Morgan fingerprint density at radius 3 is 2.44 bits per heavy atom. The summed E-state index contributed by atoms with van der Waals surface area (Å²) in [5, 5.41) is 4.73. The number of amides is 1. The van der Waals surface area contributed by atoms with Crippen molar-refractivity contribution < 1.29 is 4.79 Å². The van der Waals surface area contributed by atoms with Crippen LogP contribution in [-0.2, 0) is 11.2 Å². The molecule has 1 fully saturated rings. The van der Waals surface area contributed by atoms with E-state index in [9.17, 15) is 4.79 Å². The van der Waals surface area contributed by atoms with Gasteiger partial charge in [0.15, 0.2) is 0 Å². The van der Waals surface area contributed by atoms with Crippen LogP contribution in [-0.4, -0.2) is 16.8 Å². The Bertz CT molecular complexity index is 412. The first kappa shape index (κ1) is 13.9. The predicted octanol–water partition coefficient (Wildman–Crippen LogP) is 3.71. The lowest BCUT2D eigenvalue weighted by atomic mass is 10.00. The zero-order valence-electron chi connectivity index (χ0n) is 10.2. The Balaban J connectivity index is 1.94. The zero-order valence-corrected chi connectivity index (χ0v) is 12.6. The Morgan fingerprint density at radius 1 is 1.28 bits per heavy atom. The van der Waals surface area contributed by atoms with E-state index < -0.39 is 0 Å². The molecule has 4 heteroatoms. The van der Waals surface area contributed by atoms with Crippen molar-refractivity contribution in [1.82, 2.24) is 5.32 Å². The fraction of sp³-hybridized carbons (Fsp3) is 0.500. The van der Waals surface area contributed by atoms with Crippen LogP contribution in [0.2, 0.25) is 5.02 Å². The number of hydrogen-bond acceptors (Lipinski definition) is 1. The standard InChI is InChI=1S/C14H17BrClNO/c15-10-14(7-1-2-8-14)17-13(18)9-11-3-5-12(16)6-4-11/h3-6H,1-2,7-10H2,(H,17,18). The van der Waals surface area contributed by atoms with Gasteiger partial charge in [-0.2, -0.15) is 0 Å². The summed E-state index contributed by atoms with van der Waals surface area (Å²) in [6.07, 6.45) is 4.97. The third kappa shape index (κ3) is 3.48. The minimum Gasteiger partial charge on any atom is -0.350 e. The molecular formula is C14H17BrClNO. The molecule has 98 valence electrons. The molecule has 0 radical (unpaired) electrons. The lowest BCUT2D eigenvalue weighted by Crippen LogP contribution is -2.48. The molecule has 0 aromatic heterocycles. The highest BCUT2D eigenvalue weighted by atomic mass is 79.9. The molecular weight excluding hydrogens is 314 g/mol. The van der Waals surface area contributed by atoms with Crippen LogP contribution in [0.15, 0.2) is 24.3 Å². The average Bonchev–Trinajstić information content (AvgIpc) is 2.81. The second-order valence-corrected chi connectivity index (χ2v) is 5.97. The van der Waals surface area contributed by atoms with Crippen molar-refractivity contribution in [3.8, 4) is 0 Å². The SMILES string of the molecule is O=C(Cc1ccc(Cl)cc1)NC1(CBr)CCCC1. The normalized spacial score (nSPS) is 17.7. The summed E-state index contributed by atoms with van der Waals surface area (Å²) in [4.78, 5) is 12.1. The Kier molecular flexibility index (Phi) is 4.68. The van der Waals surface area contributed by atoms with Crippen molar-refractivity contribution in [1.29, 1.82) is 0 Å². The number of halogens is 2. The minimum absolute atomic E-state index is 0.0243. The molecule has 18 heavy (non-hydrogen) atoms. The maximum atomic E-state index is 12.1. The lowest BCUT2D eigenvalue weighted by molar-refractivity contribution is -0.122. The molecule has 0 unspecified atom stereocenters. The summed E-state index contributed by atoms with van der Waals surface area (Å²) in [7, 11) is 0. The molecule has 2 nitrogen and oxygen atoms in total. The molecule has 0 atom stereocenters. The molecule has 1 amide bonds. The van der Waals surface area contributed by atoms with Gasteiger partial charge in [0.25, 0.3) is 0 Å². The van der Waals surface area contributed by atoms with E-state index in [4.69, 9.17) is 11.6 Å². The molecule has 1 aliphatic carbocycles. The summed E-state index contributed by atoms with van der Waals surface area (Å²) in [5.74, 6) is 0.0960. The highest BCUT2D eigenvalue weighted by Gasteiger charge is 2.33. The monoisotopic (exact) mass is 329 g/mol. The third-order valence-corrected chi connectivity index (χ3v) is 4.82. The Labute approximate surface area is 121 Å². The van der Waals surface area contributed by atoms with E-state index in [2.05, 4.69) is 21.2 Å². The van der Waals surface area contributed by atoms with Gasteiger partial charge in [0.05, 0.1) is 6.42 Å². The number of alkyl halides is 1. The molecule has 0 bridgehead atoms. The Hall–Kier alpha value is -0.540. The summed E-state index contributed by atoms with van der Waals surface area (Å²) in [6.45, 7) is 0. The topological polar surface area (TPSA) is 29.1 Å². The zero-order chi connectivity index (χ0) is 13.0. The van der Waals surface area contributed by atoms with E-state index in [0.717, 1.165) is 23.7 Å². The van der Waals surface area contributed by atoms with Gasteiger partial charge < -0.3 is 5.32 Å². The summed E-state index contributed by atoms with van der Waals surface area (Å²) >= 11 is 9.35. The minimum atomic E-state index is -0.0243. The van der Waals surface area contributed by atoms with Crippen molar-refractivity contribution in [3.63, 3.8) is 0 Å². The first-order chi connectivity index (χ1) is 8.63. The average molecular weight is 331 g/mol. The number of nitrogens with one attached hydrogen (secondary N) is 1. The van der Waals surface area contributed by atoms with Gasteiger partial charge in [-0.1, -0.05) is 52.5 Å². The van der Waals surface area contributed by atoms with E-state index in [1.54, 1.807) is 0 Å². The quantitative estimate of drug-likeness (QED) is 0.838. The van der Waals surface area contributed by atoms with Crippen molar-refractivity contribution in [2.24, 2.45) is 0 Å². The van der Waals surface area contributed by atoms with E-state index in [1.807, 2.05) is 24.3 Å². The number of rotatable bonds is 4. The molecule has 1 aliphatic rings. The van der Waals surface area contributed by atoms with Gasteiger partial charge in [0.1, 0.15) is 0 Å². The van der Waals surface area contributed by atoms with Gasteiger partial charge in [-0.05, 0) is 30.5 Å². The van der Waals surface area contributed by atoms with Crippen LogP contribution < -0.4 is 5.32 Å². The molecule has 1 N–H and O–H groups in total. The number of benzene rings is 1. The largest absolute Gasteiger partial charge is 0.350 e. The van der Waals surface area contributed by atoms with Crippen molar-refractivity contribution in [2.45, 2.75) is 37.6 Å². The maximum absolute atomic E-state index is 12.1. The fourth-order valence-electron chi connectivity index (χ4n) is 2.47. The maximum Gasteiger partial charge on any atom is 0.224 e. The van der Waals surface area contributed by atoms with Crippen LogP contribution in [0.4, 0.5) is 0 Å². The molecule has 2 rings (SSSR count). The van der Waals surface area contributed by atoms with Gasteiger partial charge >= 0.3 is 0 Å². The fourth-order valence-corrected chi connectivity index (χ4v) is 3.30. The number of carbonyl (C=O) groups excluding carboxylic acids is 1. The summed E-state index contributed by atoms with van der Waals surface area (Å²) < 4.78 is 0. The van der Waals surface area contributed by atoms with Gasteiger partial charge in [0.2, 0.25) is 5.91 Å². The third-order valence-electron chi connectivity index (χ3n) is 3.50. The number of hydrogen-bond donors (Lipinski definition) is 1. The first-order valence-electron chi connectivity index (χ1n) is 6.25. The van der Waals surface area contributed by atoms with Crippen LogP contribution in [0.5, 0.6) is 0 Å². The van der Waals surface area contributed by atoms with Crippen LogP contribution in [0, 0.1) is 0 Å². The highest BCUT2D eigenvalue weighted by molar-refractivity contribution is 9.09. The van der Waals surface area contributed by atoms with Gasteiger partial charge in [0, 0.05) is 15.9 Å². The van der Waals surface area contributed by atoms with Crippen molar-refractivity contribution >= 4 is 33.4 Å². The van der Waals surface area contributed by atoms with Gasteiger partial charge in [-0.3, -0.25) is 4.79 Å². The van der Waals surface area contributed by atoms with E-state index in [-0.39, 0.29) is 11.4 Å². The molecule has 1 aromatic rings. The van der Waals surface area contributed by atoms with Crippen LogP contribution in [0.25, 0.3) is 0 Å². The van der Waals surface area contributed by atoms with E-state index in [1.165, 1.54) is 12.8 Å².